The molecular weight excluding hydrogens is 1790 g/mol. The summed E-state index contributed by atoms with van der Waals surface area (Å²) in [6.07, 6.45) is 27.5. The lowest BCUT2D eigenvalue weighted by molar-refractivity contribution is -0.0580. The number of aryl methyl sites for hydroxylation is 2. The summed E-state index contributed by atoms with van der Waals surface area (Å²) in [5.41, 5.74) is 32.6. The van der Waals surface area contributed by atoms with E-state index in [0.717, 1.165) is 187 Å². The molecule has 2 aliphatic heterocycles. The van der Waals surface area contributed by atoms with Gasteiger partial charge in [0.1, 0.15) is 18.3 Å². The van der Waals surface area contributed by atoms with Crippen LogP contribution in [-0.2, 0) is 22.6 Å². The monoisotopic (exact) mass is 1890 g/mol. The third-order valence-electron chi connectivity index (χ3n) is 26.4. The molecule has 0 N–H and O–H groups in total. The number of aromatic nitrogens is 16. The molecule has 0 radical (unpaired) electrons. The van der Waals surface area contributed by atoms with Crippen molar-refractivity contribution in [2.75, 3.05) is 13.2 Å². The maximum Gasteiger partial charge on any atom is 0.148 e. The molecule has 2 fully saturated rings. The largest absolute Gasteiger partial charge is 0.376 e. The second-order valence-corrected chi connectivity index (χ2v) is 35.3. The molecular formula is C124H95N17O2S. The molecule has 0 bridgehead atoms. The first-order valence-electron chi connectivity index (χ1n) is 47.7. The fraction of sp³-hybridized carbons (Fsp3) is 0.0726. The van der Waals surface area contributed by atoms with Crippen LogP contribution in [0.3, 0.4) is 0 Å². The molecule has 2 saturated heterocycles. The molecule has 19 nitrogen and oxygen atoms in total. The van der Waals surface area contributed by atoms with Crippen molar-refractivity contribution >= 4 is 201 Å². The summed E-state index contributed by atoms with van der Waals surface area (Å²) in [7, 11) is 0. The van der Waals surface area contributed by atoms with Crippen molar-refractivity contribution in [3.63, 3.8) is 0 Å². The second-order valence-electron chi connectivity index (χ2n) is 35.2. The van der Waals surface area contributed by atoms with Gasteiger partial charge < -0.3 is 32.3 Å². The Bertz CT molecular complexity index is 8860. The summed E-state index contributed by atoms with van der Waals surface area (Å²) in [5.74, 6) is 0. The van der Waals surface area contributed by atoms with Gasteiger partial charge in [0.15, 0.2) is 0 Å². The van der Waals surface area contributed by atoms with Crippen molar-refractivity contribution < 1.29 is 9.47 Å². The van der Waals surface area contributed by atoms with Crippen LogP contribution in [0.2, 0.25) is 0 Å². The molecule has 0 aliphatic carbocycles. The third kappa shape index (κ3) is 17.9. The summed E-state index contributed by atoms with van der Waals surface area (Å²) in [4.78, 5) is 48.6. The first-order valence-corrected chi connectivity index (χ1v) is 48.2. The van der Waals surface area contributed by atoms with Gasteiger partial charge in [-0.2, -0.15) is 4.99 Å². The van der Waals surface area contributed by atoms with E-state index in [-0.39, 0.29) is 0 Å². The molecule has 16 heterocycles. The molecule has 20 heteroatoms. The van der Waals surface area contributed by atoms with Crippen LogP contribution in [0.25, 0.3) is 217 Å². The van der Waals surface area contributed by atoms with Crippen LogP contribution in [0, 0.1) is 13.8 Å². The second kappa shape index (κ2) is 40.6. The smallest absolute Gasteiger partial charge is 0.148 e. The molecule has 26 aromatic rings. The standard InChI is InChI=1S/C27H19N3S.C19H14N2.2C18H13N3.C15H14N2O.C14H12N2O.C13H10N2/c1-17-14-24(19-6-4-3-5-7-19)22-12-13-23-25(15-18(2)30-27(23)26(22)29-17)20-8-10-21(11-9-20)28-16-31;1-2-14-10-11-17-16(13-14)19-18(9-6-12-20-19)21(17)15-7-4-3-5-8-15;1-2-13-8-9-17-15(10-13)16-11-19-12-20-18(16)21(17)14-6-4-3-5-7-14;1-2-13-8-9-16-15(10-13)18-17(11-19-12-20-18)21(16)14-6-4-3-5-7-14;1-2-4-14-12(3-1)13-9-16-7-5-15(13)17(14)10-11-6-8-18-11;1-2-4-13-11(3-1)12-5-6-15-7-14(12)16(13)8-10-9-17-10;1-2-15-11-7-4-3-6-10(11)13-12(15)8-5-9-14-13/h3-15H,1-2H3;2-13H,1H2;2*2-12H,1H2;1-5,7,9,11H,6,8,10H2;1-7,10H,8-9H2;2-9H,1H2. The van der Waals surface area contributed by atoms with Crippen molar-refractivity contribution in [1.82, 2.24) is 77.2 Å². The van der Waals surface area contributed by atoms with E-state index < -0.39 is 0 Å². The van der Waals surface area contributed by atoms with Gasteiger partial charge in [0.2, 0.25) is 0 Å². The number of rotatable bonds is 14. The lowest BCUT2D eigenvalue weighted by Gasteiger charge is -2.27. The zero-order chi connectivity index (χ0) is 97.5. The number of hydrogen-bond acceptors (Lipinski definition) is 14. The highest BCUT2D eigenvalue weighted by molar-refractivity contribution is 7.78. The zero-order valence-electron chi connectivity index (χ0n) is 79.2. The van der Waals surface area contributed by atoms with E-state index in [0.29, 0.717) is 12.2 Å². The van der Waals surface area contributed by atoms with E-state index in [1.165, 1.54) is 72.1 Å². The van der Waals surface area contributed by atoms with Gasteiger partial charge in [-0.1, -0.05) is 227 Å². The molecule has 2 atom stereocenters. The molecule has 12 aromatic carbocycles. The van der Waals surface area contributed by atoms with E-state index >= 15 is 0 Å². The summed E-state index contributed by atoms with van der Waals surface area (Å²) >= 11 is 4.71. The Morgan fingerprint density at radius 1 is 0.340 bits per heavy atom. The lowest BCUT2D eigenvalue weighted by atomic mass is 9.95. The Hall–Kier alpha value is -18.3. The van der Waals surface area contributed by atoms with Gasteiger partial charge in [-0.3, -0.25) is 34.5 Å². The van der Waals surface area contributed by atoms with E-state index in [1.807, 2.05) is 173 Å². The van der Waals surface area contributed by atoms with Crippen LogP contribution in [-0.4, -0.2) is 108 Å². The predicted octanol–water partition coefficient (Wildman–Crippen LogP) is 29.6. The first-order chi connectivity index (χ1) is 71.1. The fourth-order valence-corrected chi connectivity index (χ4v) is 19.7. The topological polar surface area (TPSA) is 193 Å². The minimum absolute atomic E-state index is 0.372. The Balaban J connectivity index is 0.0000000969. The average Bonchev–Trinajstić information content (AvgIpc) is 1.16. The maximum atomic E-state index is 5.57. The molecule has 2 unspecified atom stereocenters. The molecule has 0 amide bonds. The van der Waals surface area contributed by atoms with E-state index in [1.54, 1.807) is 12.7 Å². The van der Waals surface area contributed by atoms with Gasteiger partial charge in [-0.25, -0.2) is 19.9 Å². The van der Waals surface area contributed by atoms with Crippen LogP contribution >= 0.6 is 12.2 Å². The van der Waals surface area contributed by atoms with E-state index in [9.17, 15) is 0 Å². The third-order valence-corrected chi connectivity index (χ3v) is 26.5. The number of ether oxygens (including phenoxy) is 2. The van der Waals surface area contributed by atoms with Crippen molar-refractivity contribution in [1.29, 1.82) is 0 Å². The molecule has 14 aromatic heterocycles. The van der Waals surface area contributed by atoms with E-state index in [2.05, 4.69) is 352 Å². The quantitative estimate of drug-likeness (QED) is 0.0432. The van der Waals surface area contributed by atoms with Gasteiger partial charge in [-0.05, 0) is 223 Å². The number of benzene rings is 12. The Labute approximate surface area is 835 Å². The summed E-state index contributed by atoms with van der Waals surface area (Å²) in [5, 5.41) is 15.3. The van der Waals surface area contributed by atoms with Crippen molar-refractivity contribution in [3.05, 3.63) is 450 Å². The minimum Gasteiger partial charge on any atom is -0.376 e. The Morgan fingerprint density at radius 2 is 0.785 bits per heavy atom. The maximum absolute atomic E-state index is 5.57. The average molecular weight is 1890 g/mol. The van der Waals surface area contributed by atoms with Crippen LogP contribution in [0.1, 0.15) is 34.5 Å². The number of epoxide rings is 1. The number of thiocarbonyl (C=S) groups is 1. The van der Waals surface area contributed by atoms with Gasteiger partial charge in [-0.15, -0.1) is 0 Å². The van der Waals surface area contributed by atoms with Crippen molar-refractivity contribution in [2.24, 2.45) is 4.99 Å². The molecule has 0 saturated carbocycles. The van der Waals surface area contributed by atoms with Gasteiger partial charge in [0, 0.05) is 155 Å². The summed E-state index contributed by atoms with van der Waals surface area (Å²) in [6.45, 7) is 23.1. The number of hydrogen-bond donors (Lipinski definition) is 0. The first kappa shape index (κ1) is 90.8. The van der Waals surface area contributed by atoms with Crippen LogP contribution in [0.15, 0.2) is 427 Å². The molecule has 2 aliphatic rings. The van der Waals surface area contributed by atoms with Crippen LogP contribution in [0.4, 0.5) is 5.69 Å². The minimum atomic E-state index is 0.372. The SMILES string of the molecule is C=Cc1ccc2c(c1)c1cncnc1n2-c1ccccc1.C=Cc1ccc2c(c1)c1ncccc1n2-c1ccccc1.C=Cc1ccc2c(c1)c1ncncc1n2-c1ccccc1.C=Cn1c2ccccc2c2ncccc21.Cc1cc(-c2ccccc2)c2ccc3c(-c4ccc(N=C=S)cc4)cc(C)nc3c2n1.c1ccc2c(c1)c1ccncc1n2CC1CO1.c1ccc2c(c1)c1cnccc1n2CC1CCO1. The summed E-state index contributed by atoms with van der Waals surface area (Å²) < 4.78 is 24.3. The molecule has 694 valence electrons. The van der Waals surface area contributed by atoms with Gasteiger partial charge in [0.25, 0.3) is 0 Å². The predicted molar refractivity (Wildman–Crippen MR) is 596 cm³/mol. The normalized spacial score (nSPS) is 13.0. The number of isothiocyanates is 1. The number of aliphatic imine (C=N–C) groups is 1. The number of nitrogens with zero attached hydrogens (tertiary/aromatic N) is 17. The van der Waals surface area contributed by atoms with E-state index in [4.69, 9.17) is 31.7 Å². The number of fused-ring (bicyclic) bond motifs is 21. The zero-order valence-corrected chi connectivity index (χ0v) is 80.0. The Morgan fingerprint density at radius 3 is 1.36 bits per heavy atom. The van der Waals surface area contributed by atoms with Gasteiger partial charge in [0.05, 0.1) is 126 Å². The molecule has 28 rings (SSSR count). The lowest BCUT2D eigenvalue weighted by Crippen LogP contribution is -2.31. The number of para-hydroxylation sites is 6. The summed E-state index contributed by atoms with van der Waals surface area (Å²) in [6, 6.07) is 114. The fourth-order valence-electron chi connectivity index (χ4n) is 19.6. The number of pyridine rings is 6. The highest BCUT2D eigenvalue weighted by Crippen LogP contribution is 2.41. The van der Waals surface area contributed by atoms with Gasteiger partial charge >= 0.3 is 0 Å². The van der Waals surface area contributed by atoms with Crippen molar-refractivity contribution in [2.45, 2.75) is 45.6 Å². The van der Waals surface area contributed by atoms with Crippen molar-refractivity contribution in [3.8, 4) is 39.3 Å². The van der Waals surface area contributed by atoms with Crippen LogP contribution < -0.4 is 0 Å². The molecule has 0 spiro atoms. The Kier molecular flexibility index (Phi) is 25.6. The highest BCUT2D eigenvalue weighted by Gasteiger charge is 2.27. The van der Waals surface area contributed by atoms with Crippen LogP contribution in [0.5, 0.6) is 0 Å². The molecule has 144 heavy (non-hydrogen) atoms. The highest BCUT2D eigenvalue weighted by atomic mass is 32.1.